The lowest BCUT2D eigenvalue weighted by Gasteiger charge is -2.32. The summed E-state index contributed by atoms with van der Waals surface area (Å²) in [6, 6.07) is 6.17. The van der Waals surface area contributed by atoms with Crippen LogP contribution in [0.2, 0.25) is 0 Å². The van der Waals surface area contributed by atoms with Gasteiger partial charge in [-0.05, 0) is 44.9 Å². The van der Waals surface area contributed by atoms with Crippen molar-refractivity contribution in [1.29, 1.82) is 0 Å². The molecule has 1 saturated carbocycles. The summed E-state index contributed by atoms with van der Waals surface area (Å²) >= 11 is 0. The molecular weight excluding hydrogens is 531 g/mol. The number of alkyl halides is 3. The largest absolute Gasteiger partial charge is 0.457 e. The number of allylic oxidation sites excluding steroid dienone is 8. The molecule has 41 heavy (non-hydrogen) atoms. The Balaban J connectivity index is 1.60. The molecule has 226 valence electrons. The van der Waals surface area contributed by atoms with Gasteiger partial charge in [0.1, 0.15) is 6.10 Å². The van der Waals surface area contributed by atoms with Gasteiger partial charge in [-0.25, -0.2) is 4.79 Å². The zero-order valence-corrected chi connectivity index (χ0v) is 24.2. The third-order valence-electron chi connectivity index (χ3n) is 6.74. The number of benzene rings is 1. The van der Waals surface area contributed by atoms with Crippen LogP contribution < -0.4 is 5.32 Å². The van der Waals surface area contributed by atoms with Gasteiger partial charge in [0.15, 0.2) is 0 Å². The number of hydrogen-bond donors (Lipinski definition) is 1. The fourth-order valence-corrected chi connectivity index (χ4v) is 4.28. The van der Waals surface area contributed by atoms with Crippen LogP contribution in [0.25, 0.3) is 0 Å². The van der Waals surface area contributed by atoms with Crippen LogP contribution in [0, 0.1) is 0 Å². The van der Waals surface area contributed by atoms with Gasteiger partial charge in [-0.3, -0.25) is 4.79 Å². The first-order valence-corrected chi connectivity index (χ1v) is 14.5. The monoisotopic (exact) mass is 575 g/mol. The highest BCUT2D eigenvalue weighted by molar-refractivity contribution is 5.83. The lowest BCUT2D eigenvalue weighted by atomic mass is 9.93. The molecule has 0 aliphatic heterocycles. The van der Waals surface area contributed by atoms with Gasteiger partial charge in [0.25, 0.3) is 5.60 Å². The van der Waals surface area contributed by atoms with Gasteiger partial charge in [-0.1, -0.05) is 98.7 Å². The highest BCUT2D eigenvalue weighted by Gasteiger charge is 2.65. The van der Waals surface area contributed by atoms with Gasteiger partial charge in [0, 0.05) is 25.5 Å². The molecule has 0 heterocycles. The number of amides is 1. The highest BCUT2D eigenvalue weighted by Crippen LogP contribution is 2.44. The lowest BCUT2D eigenvalue weighted by molar-refractivity contribution is -0.277. The average molecular weight is 576 g/mol. The molecule has 0 bridgehead atoms. The quantitative estimate of drug-likeness (QED) is 0.103. The first-order chi connectivity index (χ1) is 19.8. The van der Waals surface area contributed by atoms with Crippen molar-refractivity contribution in [3.05, 3.63) is 84.5 Å². The average Bonchev–Trinajstić information content (AvgIpc) is 3.67. The summed E-state index contributed by atoms with van der Waals surface area (Å²) in [6.45, 7) is 2.21. The van der Waals surface area contributed by atoms with E-state index in [0.717, 1.165) is 39.2 Å². The van der Waals surface area contributed by atoms with E-state index >= 15 is 0 Å². The van der Waals surface area contributed by atoms with Gasteiger partial charge in [0.05, 0.1) is 6.04 Å². The Hall–Kier alpha value is -3.13. The van der Waals surface area contributed by atoms with E-state index in [0.29, 0.717) is 6.42 Å². The van der Waals surface area contributed by atoms with Crippen LogP contribution in [0.3, 0.4) is 0 Å². The zero-order chi connectivity index (χ0) is 30.0. The van der Waals surface area contributed by atoms with Crippen molar-refractivity contribution in [2.75, 3.05) is 7.11 Å². The molecule has 1 amide bonds. The number of halogens is 3. The third-order valence-corrected chi connectivity index (χ3v) is 6.74. The van der Waals surface area contributed by atoms with E-state index in [-0.39, 0.29) is 24.3 Å². The van der Waals surface area contributed by atoms with Crippen molar-refractivity contribution in [2.24, 2.45) is 0 Å². The summed E-state index contributed by atoms with van der Waals surface area (Å²) in [5.74, 6) is -1.76. The minimum Gasteiger partial charge on any atom is -0.457 e. The van der Waals surface area contributed by atoms with Crippen molar-refractivity contribution in [3.8, 4) is 0 Å². The Kier molecular flexibility index (Phi) is 15.2. The standard InChI is InChI=1S/C33H44F3NO4/c1-3-4-5-6-7-8-9-10-11-12-13-14-15-16-17-18-22-25-30(38)37-28-26-29(28)41-31(39)32(40-2,33(34,35)36)27-23-20-19-21-24-27/h7-8,10-11,13-14,16-17,19-21,23-24,28-29H,3-6,9,12,15,18,22,25-26H2,1-2H3,(H,37,38)/b8-7-,11-10-,14-13-,17-16-/t28-,29-,32+/m0/s1. The molecule has 0 spiro atoms. The first kappa shape index (κ1) is 34.1. The third kappa shape index (κ3) is 11.7. The topological polar surface area (TPSA) is 64.6 Å². The van der Waals surface area contributed by atoms with Crippen molar-refractivity contribution in [3.63, 3.8) is 0 Å². The molecule has 1 aliphatic rings. The number of ether oxygens (including phenoxy) is 2. The molecule has 3 atom stereocenters. The number of esters is 1. The SMILES string of the molecule is CCCCC/C=C\C/C=C\C/C=C\C/C=C\CCCC(=O)N[C@H]1C[C@@H]1OC(=O)[C@](OC)(c1ccccc1)C(F)(F)F. The number of nitrogens with one attached hydrogen (secondary N) is 1. The molecule has 1 fully saturated rings. The van der Waals surface area contributed by atoms with Crippen molar-refractivity contribution in [1.82, 2.24) is 5.32 Å². The van der Waals surface area contributed by atoms with E-state index in [1.807, 2.05) is 6.08 Å². The summed E-state index contributed by atoms with van der Waals surface area (Å²) in [5, 5.41) is 2.73. The number of carbonyl (C=O) groups excluding carboxylic acids is 2. The number of carbonyl (C=O) groups is 2. The molecule has 0 saturated heterocycles. The summed E-state index contributed by atoms with van der Waals surface area (Å²) in [7, 11) is 0.826. The molecular formula is C33H44F3NO4. The Labute approximate surface area is 242 Å². The molecule has 2 rings (SSSR count). The maximum Gasteiger partial charge on any atom is 0.432 e. The molecule has 0 radical (unpaired) electrons. The fourth-order valence-electron chi connectivity index (χ4n) is 4.28. The van der Waals surface area contributed by atoms with Gasteiger partial charge in [-0.2, -0.15) is 13.2 Å². The molecule has 8 heteroatoms. The molecule has 1 aromatic rings. The first-order valence-electron chi connectivity index (χ1n) is 14.5. The van der Waals surface area contributed by atoms with Crippen molar-refractivity contribution in [2.45, 2.75) is 101 Å². The lowest BCUT2D eigenvalue weighted by Crippen LogP contribution is -2.52. The van der Waals surface area contributed by atoms with Crippen LogP contribution in [0.4, 0.5) is 13.2 Å². The predicted octanol–water partition coefficient (Wildman–Crippen LogP) is 8.04. The Morgan fingerprint density at radius 1 is 0.878 bits per heavy atom. The zero-order valence-electron chi connectivity index (χ0n) is 24.2. The van der Waals surface area contributed by atoms with E-state index in [4.69, 9.17) is 9.47 Å². The maximum absolute atomic E-state index is 14.0. The Bertz CT molecular complexity index is 1030. The van der Waals surface area contributed by atoms with Gasteiger partial charge < -0.3 is 14.8 Å². The van der Waals surface area contributed by atoms with Crippen LogP contribution in [0.15, 0.2) is 78.9 Å². The van der Waals surface area contributed by atoms with Crippen LogP contribution in [-0.4, -0.2) is 37.3 Å². The molecule has 1 aromatic carbocycles. The summed E-state index contributed by atoms with van der Waals surface area (Å²) in [5.41, 5.74) is -3.59. The maximum atomic E-state index is 14.0. The molecule has 1 aliphatic carbocycles. The van der Waals surface area contributed by atoms with E-state index in [1.54, 1.807) is 6.07 Å². The Morgan fingerprint density at radius 2 is 1.44 bits per heavy atom. The molecule has 0 aromatic heterocycles. The number of rotatable bonds is 19. The summed E-state index contributed by atoms with van der Waals surface area (Å²) < 4.78 is 51.8. The summed E-state index contributed by atoms with van der Waals surface area (Å²) in [4.78, 5) is 24.9. The second-order valence-corrected chi connectivity index (χ2v) is 10.1. The molecule has 5 nitrogen and oxygen atoms in total. The summed E-state index contributed by atoms with van der Waals surface area (Å²) in [6.07, 6.45) is 20.9. The van der Waals surface area contributed by atoms with Crippen LogP contribution in [0.1, 0.15) is 83.1 Å². The van der Waals surface area contributed by atoms with E-state index in [1.165, 1.54) is 43.5 Å². The van der Waals surface area contributed by atoms with Gasteiger partial charge in [0.2, 0.25) is 5.91 Å². The second kappa shape index (κ2) is 18.3. The molecule has 1 N–H and O–H groups in total. The van der Waals surface area contributed by atoms with E-state index < -0.39 is 29.9 Å². The minimum atomic E-state index is -5.03. The minimum absolute atomic E-state index is 0.221. The number of unbranched alkanes of at least 4 members (excludes halogenated alkanes) is 4. The fraction of sp³-hybridized carbons (Fsp3) is 0.515. The number of hydrogen-bond acceptors (Lipinski definition) is 4. The second-order valence-electron chi connectivity index (χ2n) is 10.1. The molecule has 0 unspecified atom stereocenters. The number of methoxy groups -OCH3 is 1. The Morgan fingerprint density at radius 3 is 1.98 bits per heavy atom. The highest BCUT2D eigenvalue weighted by atomic mass is 19.4. The normalized spacial score (nSPS) is 18.9. The smallest absolute Gasteiger partial charge is 0.432 e. The van der Waals surface area contributed by atoms with Crippen LogP contribution in [-0.2, 0) is 24.7 Å². The van der Waals surface area contributed by atoms with Crippen molar-refractivity contribution < 1.29 is 32.2 Å². The van der Waals surface area contributed by atoms with E-state index in [2.05, 4.69) is 54.8 Å². The van der Waals surface area contributed by atoms with E-state index in [9.17, 15) is 22.8 Å². The van der Waals surface area contributed by atoms with Crippen molar-refractivity contribution >= 4 is 11.9 Å². The predicted molar refractivity (Wildman–Crippen MR) is 156 cm³/mol. The van der Waals surface area contributed by atoms with Crippen LogP contribution in [0.5, 0.6) is 0 Å². The van der Waals surface area contributed by atoms with Crippen LogP contribution >= 0.6 is 0 Å². The van der Waals surface area contributed by atoms with Gasteiger partial charge in [-0.15, -0.1) is 0 Å². The van der Waals surface area contributed by atoms with Gasteiger partial charge >= 0.3 is 12.1 Å².